The van der Waals surface area contributed by atoms with Crippen molar-refractivity contribution in [3.05, 3.63) is 29.6 Å². The highest BCUT2D eigenvalue weighted by molar-refractivity contribution is 5.31. The average molecular weight is 267 g/mol. The Morgan fingerprint density at radius 1 is 1.53 bits per heavy atom. The fourth-order valence-electron chi connectivity index (χ4n) is 2.51. The third-order valence-corrected chi connectivity index (χ3v) is 3.67. The topological polar surface area (TPSA) is 44.5 Å². The van der Waals surface area contributed by atoms with Gasteiger partial charge in [-0.15, -0.1) is 0 Å². The molecule has 19 heavy (non-hydrogen) atoms. The van der Waals surface area contributed by atoms with E-state index in [-0.39, 0.29) is 17.6 Å². The highest BCUT2D eigenvalue weighted by atomic mass is 19.1. The second-order valence-corrected chi connectivity index (χ2v) is 5.07. The van der Waals surface area contributed by atoms with Crippen molar-refractivity contribution in [3.8, 4) is 5.75 Å². The van der Waals surface area contributed by atoms with Gasteiger partial charge in [-0.2, -0.15) is 0 Å². The number of nitrogens with two attached hydrogens (primary N) is 1. The van der Waals surface area contributed by atoms with Crippen LogP contribution in [0, 0.1) is 5.82 Å². The third kappa shape index (κ3) is 3.91. The Hall–Kier alpha value is -1.13. The predicted molar refractivity (Wildman–Crippen MR) is 72.7 cm³/mol. The Morgan fingerprint density at radius 2 is 2.37 bits per heavy atom. The molecule has 1 aromatic rings. The Labute approximate surface area is 113 Å². The summed E-state index contributed by atoms with van der Waals surface area (Å²) in [6, 6.07) is 4.75. The molecule has 106 valence electrons. The lowest BCUT2D eigenvalue weighted by molar-refractivity contribution is 0.101. The van der Waals surface area contributed by atoms with Crippen LogP contribution < -0.4 is 10.5 Å². The standard InChI is InChI=1S/C15H22FNO2/c1-18-15-10-11(7-8-13(15)16)14(17)6-2-4-12-5-3-9-19-12/h7-8,10,12,14H,2-6,9,17H2,1H3. The van der Waals surface area contributed by atoms with Crippen molar-refractivity contribution in [3.63, 3.8) is 0 Å². The van der Waals surface area contributed by atoms with Crippen LogP contribution in [-0.2, 0) is 4.74 Å². The molecule has 1 fully saturated rings. The van der Waals surface area contributed by atoms with Crippen molar-refractivity contribution in [2.24, 2.45) is 5.73 Å². The van der Waals surface area contributed by atoms with Crippen LogP contribution in [-0.4, -0.2) is 19.8 Å². The number of hydrogen-bond donors (Lipinski definition) is 1. The summed E-state index contributed by atoms with van der Waals surface area (Å²) >= 11 is 0. The van der Waals surface area contributed by atoms with Crippen molar-refractivity contribution in [1.29, 1.82) is 0 Å². The first-order valence-electron chi connectivity index (χ1n) is 6.91. The molecule has 2 unspecified atom stereocenters. The molecule has 0 bridgehead atoms. The SMILES string of the molecule is COc1cc(C(N)CCCC2CCCO2)ccc1F. The van der Waals surface area contributed by atoms with Gasteiger partial charge in [-0.05, 0) is 49.8 Å². The first kappa shape index (κ1) is 14.3. The minimum Gasteiger partial charge on any atom is -0.494 e. The normalized spacial score (nSPS) is 20.5. The Balaban J connectivity index is 1.83. The van der Waals surface area contributed by atoms with E-state index in [9.17, 15) is 4.39 Å². The van der Waals surface area contributed by atoms with Gasteiger partial charge in [0, 0.05) is 12.6 Å². The molecule has 1 aliphatic rings. The van der Waals surface area contributed by atoms with Gasteiger partial charge in [-0.1, -0.05) is 6.07 Å². The van der Waals surface area contributed by atoms with Crippen LogP contribution in [0.2, 0.25) is 0 Å². The molecule has 4 heteroatoms. The summed E-state index contributed by atoms with van der Waals surface area (Å²) in [6.45, 7) is 0.895. The van der Waals surface area contributed by atoms with E-state index in [2.05, 4.69) is 0 Å². The van der Waals surface area contributed by atoms with Crippen LogP contribution in [0.3, 0.4) is 0 Å². The van der Waals surface area contributed by atoms with Crippen molar-refractivity contribution in [2.75, 3.05) is 13.7 Å². The molecule has 1 heterocycles. The van der Waals surface area contributed by atoms with Crippen molar-refractivity contribution < 1.29 is 13.9 Å². The lowest BCUT2D eigenvalue weighted by atomic mass is 10.00. The van der Waals surface area contributed by atoms with Gasteiger partial charge in [-0.3, -0.25) is 0 Å². The lowest BCUT2D eigenvalue weighted by Crippen LogP contribution is -2.12. The Kier molecular flexibility index (Phi) is 5.16. The second-order valence-electron chi connectivity index (χ2n) is 5.07. The summed E-state index contributed by atoms with van der Waals surface area (Å²) in [5.74, 6) is -0.0927. The largest absolute Gasteiger partial charge is 0.494 e. The summed E-state index contributed by atoms with van der Waals surface area (Å²) in [5.41, 5.74) is 7.06. The lowest BCUT2D eigenvalue weighted by Gasteiger charge is -2.15. The fourth-order valence-corrected chi connectivity index (χ4v) is 2.51. The van der Waals surface area contributed by atoms with Gasteiger partial charge < -0.3 is 15.2 Å². The van der Waals surface area contributed by atoms with Gasteiger partial charge in [0.1, 0.15) is 0 Å². The summed E-state index contributed by atoms with van der Waals surface area (Å²) in [6.07, 6.45) is 5.73. The van der Waals surface area contributed by atoms with E-state index >= 15 is 0 Å². The molecule has 2 atom stereocenters. The highest BCUT2D eigenvalue weighted by Gasteiger charge is 2.16. The van der Waals surface area contributed by atoms with Gasteiger partial charge in [0.2, 0.25) is 0 Å². The summed E-state index contributed by atoms with van der Waals surface area (Å²) < 4.78 is 23.9. The van der Waals surface area contributed by atoms with Gasteiger partial charge in [0.05, 0.1) is 13.2 Å². The van der Waals surface area contributed by atoms with Crippen molar-refractivity contribution in [2.45, 2.75) is 44.2 Å². The molecular weight excluding hydrogens is 245 g/mol. The fraction of sp³-hybridized carbons (Fsp3) is 0.600. The van der Waals surface area contributed by atoms with Crippen molar-refractivity contribution >= 4 is 0 Å². The molecule has 3 nitrogen and oxygen atoms in total. The zero-order chi connectivity index (χ0) is 13.7. The molecule has 0 aliphatic carbocycles. The van der Waals surface area contributed by atoms with Gasteiger partial charge in [0.15, 0.2) is 11.6 Å². The number of hydrogen-bond acceptors (Lipinski definition) is 3. The highest BCUT2D eigenvalue weighted by Crippen LogP contribution is 2.25. The van der Waals surface area contributed by atoms with E-state index in [1.165, 1.54) is 26.0 Å². The summed E-state index contributed by atoms with van der Waals surface area (Å²) in [7, 11) is 1.46. The smallest absolute Gasteiger partial charge is 0.165 e. The first-order valence-corrected chi connectivity index (χ1v) is 6.91. The van der Waals surface area contributed by atoms with Gasteiger partial charge in [-0.25, -0.2) is 4.39 Å². The summed E-state index contributed by atoms with van der Waals surface area (Å²) in [4.78, 5) is 0. The maximum absolute atomic E-state index is 13.3. The molecule has 2 rings (SSSR count). The van der Waals surface area contributed by atoms with Crippen LogP contribution in [0.4, 0.5) is 4.39 Å². The molecule has 1 aromatic carbocycles. The minimum atomic E-state index is -0.349. The number of rotatable bonds is 6. The molecule has 0 radical (unpaired) electrons. The van der Waals surface area contributed by atoms with E-state index in [1.807, 2.05) is 0 Å². The number of benzene rings is 1. The molecule has 1 saturated heterocycles. The van der Waals surface area contributed by atoms with Crippen LogP contribution >= 0.6 is 0 Å². The van der Waals surface area contributed by atoms with Crippen LogP contribution in [0.1, 0.15) is 43.7 Å². The average Bonchev–Trinajstić information content (AvgIpc) is 2.92. The first-order chi connectivity index (χ1) is 9.20. The van der Waals surface area contributed by atoms with Gasteiger partial charge in [0.25, 0.3) is 0 Å². The van der Waals surface area contributed by atoms with E-state index in [0.717, 1.165) is 31.4 Å². The number of methoxy groups -OCH3 is 1. The zero-order valence-corrected chi connectivity index (χ0v) is 11.4. The maximum Gasteiger partial charge on any atom is 0.165 e. The molecular formula is C15H22FNO2. The monoisotopic (exact) mass is 267 g/mol. The molecule has 2 N–H and O–H groups in total. The maximum atomic E-state index is 13.3. The Bertz CT molecular complexity index is 405. The predicted octanol–water partition coefficient (Wildman–Crippen LogP) is 3.18. The molecule has 0 spiro atoms. The van der Waals surface area contributed by atoms with E-state index in [0.29, 0.717) is 6.10 Å². The van der Waals surface area contributed by atoms with Crippen LogP contribution in [0.25, 0.3) is 0 Å². The minimum absolute atomic E-state index is 0.0732. The second kappa shape index (κ2) is 6.87. The molecule has 0 amide bonds. The number of halogens is 1. The van der Waals surface area contributed by atoms with E-state index < -0.39 is 0 Å². The third-order valence-electron chi connectivity index (χ3n) is 3.67. The van der Waals surface area contributed by atoms with E-state index in [1.54, 1.807) is 12.1 Å². The zero-order valence-electron chi connectivity index (χ0n) is 11.4. The van der Waals surface area contributed by atoms with Crippen LogP contribution in [0.15, 0.2) is 18.2 Å². The van der Waals surface area contributed by atoms with Gasteiger partial charge >= 0.3 is 0 Å². The van der Waals surface area contributed by atoms with Crippen LogP contribution in [0.5, 0.6) is 5.75 Å². The Morgan fingerprint density at radius 3 is 3.05 bits per heavy atom. The summed E-state index contributed by atoms with van der Waals surface area (Å²) in [5, 5.41) is 0. The molecule has 0 aromatic heterocycles. The molecule has 1 aliphatic heterocycles. The van der Waals surface area contributed by atoms with E-state index in [4.69, 9.17) is 15.2 Å². The van der Waals surface area contributed by atoms with Crippen molar-refractivity contribution in [1.82, 2.24) is 0 Å². The number of ether oxygens (including phenoxy) is 2. The quantitative estimate of drug-likeness (QED) is 0.861. The molecule has 0 saturated carbocycles.